The molecule has 34 heavy (non-hydrogen) atoms. The summed E-state index contributed by atoms with van der Waals surface area (Å²) >= 11 is 0. The van der Waals surface area contributed by atoms with E-state index in [0.717, 1.165) is 11.1 Å². The van der Waals surface area contributed by atoms with Crippen molar-refractivity contribution in [2.24, 2.45) is 0 Å². The molecule has 8 nitrogen and oxygen atoms in total. The Morgan fingerprint density at radius 2 is 1.76 bits per heavy atom. The number of ether oxygens (including phenoxy) is 4. The van der Waals surface area contributed by atoms with Crippen molar-refractivity contribution in [1.29, 1.82) is 5.26 Å². The molecule has 2 aliphatic rings. The molecule has 0 N–H and O–H groups in total. The third-order valence-electron chi connectivity index (χ3n) is 6.17. The van der Waals surface area contributed by atoms with E-state index in [2.05, 4.69) is 11.1 Å². The zero-order valence-electron chi connectivity index (χ0n) is 18.8. The van der Waals surface area contributed by atoms with Crippen LogP contribution in [0.2, 0.25) is 0 Å². The fraction of sp³-hybridized carbons (Fsp3) is 0.346. The minimum absolute atomic E-state index is 0.0551. The van der Waals surface area contributed by atoms with E-state index in [-0.39, 0.29) is 24.6 Å². The smallest absolute Gasteiger partial charge is 0.302 e. The van der Waals surface area contributed by atoms with E-state index in [1.807, 2.05) is 60.7 Å². The first-order valence-corrected chi connectivity index (χ1v) is 11.2. The lowest BCUT2D eigenvalue weighted by atomic mass is 9.92. The number of rotatable bonds is 8. The van der Waals surface area contributed by atoms with Crippen LogP contribution in [-0.2, 0) is 27.4 Å². The Labute approximate surface area is 197 Å². The first-order chi connectivity index (χ1) is 16.6. The summed E-state index contributed by atoms with van der Waals surface area (Å²) in [6, 6.07) is 22.0. The van der Waals surface area contributed by atoms with Crippen molar-refractivity contribution in [3.63, 3.8) is 0 Å². The number of aromatic nitrogens is 2. The molecule has 4 atom stereocenters. The van der Waals surface area contributed by atoms with Gasteiger partial charge in [-0.1, -0.05) is 60.7 Å². The van der Waals surface area contributed by atoms with Crippen molar-refractivity contribution >= 4 is 0 Å². The van der Waals surface area contributed by atoms with Crippen molar-refractivity contribution in [3.05, 3.63) is 93.9 Å². The number of fused-ring (bicyclic) bond motifs is 3. The van der Waals surface area contributed by atoms with Gasteiger partial charge in [0.1, 0.15) is 11.7 Å². The molecule has 174 valence electrons. The first kappa shape index (κ1) is 22.3. The molecule has 0 bridgehead atoms. The third kappa shape index (κ3) is 4.21. The number of hydrogen-bond donors (Lipinski definition) is 0. The maximum atomic E-state index is 12.1. The predicted molar refractivity (Wildman–Crippen MR) is 122 cm³/mol. The van der Waals surface area contributed by atoms with Crippen LogP contribution in [0.5, 0.6) is 6.01 Å². The van der Waals surface area contributed by atoms with Gasteiger partial charge < -0.3 is 18.9 Å². The van der Waals surface area contributed by atoms with Gasteiger partial charge in [-0.2, -0.15) is 10.2 Å². The highest BCUT2D eigenvalue weighted by Gasteiger charge is 2.61. The van der Waals surface area contributed by atoms with Crippen molar-refractivity contribution < 1.29 is 18.9 Å². The standard InChI is InChI=1S/C26H25N3O5/c1-18-14-29-24-21(33-25(29)28-23(18)30)22(32-16-20-10-6-3-7-11-20)26(34-24,12-13-27)17-31-15-19-8-4-2-5-9-19/h2-11,14,21-22,24H,12,15-17H2,1H3/t21-,22-,24+,26+/m0/s1. The van der Waals surface area contributed by atoms with Gasteiger partial charge >= 0.3 is 6.01 Å². The number of nitriles is 1. The lowest BCUT2D eigenvalue weighted by Gasteiger charge is -2.33. The van der Waals surface area contributed by atoms with Gasteiger partial charge in [0, 0.05) is 11.8 Å². The van der Waals surface area contributed by atoms with Crippen molar-refractivity contribution in [2.45, 2.75) is 50.6 Å². The van der Waals surface area contributed by atoms with Gasteiger partial charge in [0.25, 0.3) is 5.56 Å². The van der Waals surface area contributed by atoms with Crippen LogP contribution in [-0.4, -0.2) is 34.0 Å². The van der Waals surface area contributed by atoms with Gasteiger partial charge in [0.05, 0.1) is 32.3 Å². The lowest BCUT2D eigenvalue weighted by Crippen LogP contribution is -2.49. The average Bonchev–Trinajstić information content (AvgIpc) is 3.32. The van der Waals surface area contributed by atoms with Crippen LogP contribution in [0, 0.1) is 18.3 Å². The Hall–Kier alpha value is -3.51. The summed E-state index contributed by atoms with van der Waals surface area (Å²) in [6.07, 6.45) is -0.0521. The molecule has 1 fully saturated rings. The summed E-state index contributed by atoms with van der Waals surface area (Å²) in [7, 11) is 0. The molecule has 0 aliphatic carbocycles. The van der Waals surface area contributed by atoms with E-state index in [1.54, 1.807) is 17.7 Å². The molecule has 5 rings (SSSR count). The summed E-state index contributed by atoms with van der Waals surface area (Å²) in [4.78, 5) is 16.1. The molecule has 0 spiro atoms. The van der Waals surface area contributed by atoms with Crippen LogP contribution in [0.3, 0.4) is 0 Å². The van der Waals surface area contributed by atoms with E-state index >= 15 is 0 Å². The molecule has 3 aromatic rings. The van der Waals surface area contributed by atoms with E-state index in [9.17, 15) is 10.1 Å². The molecular weight excluding hydrogens is 434 g/mol. The van der Waals surface area contributed by atoms with Crippen molar-refractivity contribution in [1.82, 2.24) is 9.55 Å². The molecule has 3 heterocycles. The average molecular weight is 460 g/mol. The Morgan fingerprint density at radius 1 is 1.09 bits per heavy atom. The number of nitrogens with zero attached hydrogens (tertiary/aromatic N) is 3. The number of hydrogen-bond acceptors (Lipinski definition) is 7. The first-order valence-electron chi connectivity index (χ1n) is 11.2. The minimum atomic E-state index is -1.05. The fourth-order valence-corrected chi connectivity index (χ4v) is 4.47. The second kappa shape index (κ2) is 9.39. The van der Waals surface area contributed by atoms with Gasteiger partial charge in [-0.05, 0) is 18.1 Å². The summed E-state index contributed by atoms with van der Waals surface area (Å²) < 4.78 is 26.7. The lowest BCUT2D eigenvalue weighted by molar-refractivity contribution is -0.156. The Bertz CT molecular complexity index is 1240. The topological polar surface area (TPSA) is 95.6 Å². The van der Waals surface area contributed by atoms with Crippen molar-refractivity contribution in [3.8, 4) is 12.1 Å². The zero-order chi connectivity index (χ0) is 23.5. The van der Waals surface area contributed by atoms with Gasteiger partial charge in [-0.15, -0.1) is 0 Å². The van der Waals surface area contributed by atoms with Crippen LogP contribution in [0.4, 0.5) is 0 Å². The summed E-state index contributed by atoms with van der Waals surface area (Å²) in [5.41, 5.74) is 1.09. The highest BCUT2D eigenvalue weighted by molar-refractivity contribution is 5.20. The molecule has 2 aromatic carbocycles. The zero-order valence-corrected chi connectivity index (χ0v) is 18.8. The normalized spacial score (nSPS) is 24.8. The second-order valence-corrected chi connectivity index (χ2v) is 8.61. The van der Waals surface area contributed by atoms with Gasteiger partial charge in [0.2, 0.25) is 0 Å². The molecule has 1 saturated heterocycles. The summed E-state index contributed by atoms with van der Waals surface area (Å²) in [5, 5.41) is 9.71. The van der Waals surface area contributed by atoms with Crippen LogP contribution in [0.15, 0.2) is 71.7 Å². The molecular formula is C26H25N3O5. The monoisotopic (exact) mass is 459 g/mol. The number of aryl methyl sites for hydroxylation is 1. The molecule has 0 radical (unpaired) electrons. The minimum Gasteiger partial charge on any atom is -0.453 e. The van der Waals surface area contributed by atoms with Gasteiger partial charge in [-0.3, -0.25) is 9.36 Å². The van der Waals surface area contributed by atoms with E-state index in [4.69, 9.17) is 18.9 Å². The predicted octanol–water partition coefficient (Wildman–Crippen LogP) is 3.30. The Kier molecular flexibility index (Phi) is 6.16. The highest BCUT2D eigenvalue weighted by atomic mass is 16.7. The largest absolute Gasteiger partial charge is 0.453 e. The number of benzene rings is 2. The fourth-order valence-electron chi connectivity index (χ4n) is 4.47. The second-order valence-electron chi connectivity index (χ2n) is 8.61. The quantitative estimate of drug-likeness (QED) is 0.510. The van der Waals surface area contributed by atoms with E-state index in [1.165, 1.54) is 0 Å². The van der Waals surface area contributed by atoms with Gasteiger partial charge in [0.15, 0.2) is 12.3 Å². The molecule has 8 heteroatoms. The van der Waals surface area contributed by atoms with Gasteiger partial charge in [-0.25, -0.2) is 0 Å². The van der Waals surface area contributed by atoms with Crippen LogP contribution in [0.25, 0.3) is 0 Å². The molecule has 1 aromatic heterocycles. The molecule has 0 amide bonds. The van der Waals surface area contributed by atoms with Crippen LogP contribution in [0.1, 0.15) is 29.3 Å². The molecule has 0 saturated carbocycles. The molecule has 2 aliphatic heterocycles. The van der Waals surface area contributed by atoms with Crippen LogP contribution < -0.4 is 10.3 Å². The van der Waals surface area contributed by atoms with Crippen LogP contribution >= 0.6 is 0 Å². The summed E-state index contributed by atoms with van der Waals surface area (Å²) in [6.45, 7) is 2.53. The Morgan fingerprint density at radius 3 is 2.44 bits per heavy atom. The van der Waals surface area contributed by atoms with E-state index in [0.29, 0.717) is 18.8 Å². The highest BCUT2D eigenvalue weighted by Crippen LogP contribution is 2.47. The maximum absolute atomic E-state index is 12.1. The maximum Gasteiger partial charge on any atom is 0.302 e. The SMILES string of the molecule is Cc1cn2c(nc1=O)O[C@@H]1[C@H]2O[C@](CC#N)(COCc2ccccc2)[C@H]1OCc1ccccc1. The third-order valence-corrected chi connectivity index (χ3v) is 6.17. The molecule has 0 unspecified atom stereocenters. The van der Waals surface area contributed by atoms with Crippen molar-refractivity contribution in [2.75, 3.05) is 6.61 Å². The Balaban J connectivity index is 1.43. The van der Waals surface area contributed by atoms with E-state index < -0.39 is 24.0 Å². The summed E-state index contributed by atoms with van der Waals surface area (Å²) in [5.74, 6) is 0.